The Morgan fingerprint density at radius 2 is 1.82 bits per heavy atom. The van der Waals surface area contributed by atoms with Gasteiger partial charge in [-0.3, -0.25) is 14.2 Å². The number of hydrogen-bond donors (Lipinski definition) is 0. The van der Waals surface area contributed by atoms with Gasteiger partial charge in [0.25, 0.3) is 5.56 Å². The number of carbonyl (C=O) groups is 1. The molecule has 0 unspecified atom stereocenters. The van der Waals surface area contributed by atoms with Gasteiger partial charge >= 0.3 is 0 Å². The lowest BCUT2D eigenvalue weighted by Gasteiger charge is -2.22. The molecule has 3 heterocycles. The maximum Gasteiger partial charge on any atom is 0.271 e. The fraction of sp³-hybridized carbons (Fsp3) is 0.179. The predicted molar refractivity (Wildman–Crippen MR) is 148 cm³/mol. The molecule has 0 saturated carbocycles. The summed E-state index contributed by atoms with van der Waals surface area (Å²) < 4.78 is 18.9. The number of halogens is 2. The Kier molecular flexibility index (Phi) is 7.05. The number of ketones is 1. The SMILES string of the molecule is COc1ccc(/C=c2/sc3n(c2=O)[C@H](c2ccc(-c4ccc(Cl)c(Cl)c4)o2)C(C(C)=O)=C(C)N=3)cc1OC. The van der Waals surface area contributed by atoms with E-state index < -0.39 is 6.04 Å². The Bertz CT molecular complexity index is 1800. The third-order valence-corrected chi connectivity index (χ3v) is 7.93. The molecule has 1 aliphatic rings. The Hall–Kier alpha value is -3.59. The van der Waals surface area contributed by atoms with E-state index in [1.165, 1.54) is 22.8 Å². The molecule has 1 atom stereocenters. The van der Waals surface area contributed by atoms with Crippen LogP contribution in [0, 0.1) is 0 Å². The van der Waals surface area contributed by atoms with Gasteiger partial charge in [-0.2, -0.15) is 0 Å². The molecule has 1 aliphatic heterocycles. The highest BCUT2D eigenvalue weighted by Crippen LogP contribution is 2.35. The van der Waals surface area contributed by atoms with Gasteiger partial charge in [0.2, 0.25) is 0 Å². The van der Waals surface area contributed by atoms with E-state index in [0.717, 1.165) is 11.1 Å². The number of methoxy groups -OCH3 is 2. The van der Waals surface area contributed by atoms with E-state index in [9.17, 15) is 9.59 Å². The first-order valence-corrected chi connectivity index (χ1v) is 13.1. The largest absolute Gasteiger partial charge is 0.493 e. The minimum Gasteiger partial charge on any atom is -0.493 e. The minimum absolute atomic E-state index is 0.196. The molecule has 0 amide bonds. The maximum absolute atomic E-state index is 13.7. The number of benzene rings is 2. The number of allylic oxidation sites excluding steroid dienone is 2. The summed E-state index contributed by atoms with van der Waals surface area (Å²) in [5.74, 6) is 1.90. The van der Waals surface area contributed by atoms with Gasteiger partial charge in [-0.15, -0.1) is 0 Å². The second-order valence-corrected chi connectivity index (χ2v) is 10.4. The maximum atomic E-state index is 13.7. The molecule has 5 rings (SSSR count). The quantitative estimate of drug-likeness (QED) is 0.310. The van der Waals surface area contributed by atoms with Crippen LogP contribution in [0.15, 0.2) is 74.0 Å². The highest BCUT2D eigenvalue weighted by Gasteiger charge is 2.33. The Labute approximate surface area is 231 Å². The minimum atomic E-state index is -0.771. The van der Waals surface area contributed by atoms with Crippen molar-refractivity contribution in [1.29, 1.82) is 0 Å². The zero-order valence-corrected chi connectivity index (χ0v) is 23.2. The van der Waals surface area contributed by atoms with E-state index in [1.54, 1.807) is 69.7 Å². The fourth-order valence-corrected chi connectivity index (χ4v) is 5.78. The average molecular weight is 569 g/mol. The molecule has 2 aromatic carbocycles. The lowest BCUT2D eigenvalue weighted by Crippen LogP contribution is -2.39. The average Bonchev–Trinajstić information content (AvgIpc) is 3.49. The van der Waals surface area contributed by atoms with Crippen LogP contribution >= 0.6 is 34.5 Å². The zero-order chi connectivity index (χ0) is 27.1. The smallest absolute Gasteiger partial charge is 0.271 e. The number of rotatable bonds is 6. The van der Waals surface area contributed by atoms with Crippen molar-refractivity contribution >= 4 is 46.4 Å². The third-order valence-electron chi connectivity index (χ3n) is 6.21. The van der Waals surface area contributed by atoms with Gasteiger partial charge in [0.15, 0.2) is 22.1 Å². The molecule has 0 spiro atoms. The van der Waals surface area contributed by atoms with Crippen molar-refractivity contribution in [2.24, 2.45) is 4.99 Å². The summed E-state index contributed by atoms with van der Waals surface area (Å²) in [6.07, 6.45) is 1.76. The van der Waals surface area contributed by atoms with Crippen LogP contribution in [0.4, 0.5) is 0 Å². The zero-order valence-electron chi connectivity index (χ0n) is 20.9. The number of nitrogens with zero attached hydrogens (tertiary/aromatic N) is 2. The van der Waals surface area contributed by atoms with Gasteiger partial charge in [-0.25, -0.2) is 4.99 Å². The Morgan fingerprint density at radius 3 is 2.50 bits per heavy atom. The first kappa shape index (κ1) is 26.0. The van der Waals surface area contributed by atoms with E-state index in [1.807, 2.05) is 6.07 Å². The molecular formula is C28H22Cl2N2O5S. The lowest BCUT2D eigenvalue weighted by molar-refractivity contribution is -0.114. The van der Waals surface area contributed by atoms with Gasteiger partial charge in [0, 0.05) is 16.8 Å². The van der Waals surface area contributed by atoms with Crippen molar-refractivity contribution in [2.75, 3.05) is 14.2 Å². The summed E-state index contributed by atoms with van der Waals surface area (Å²) in [5, 5.41) is 0.826. The van der Waals surface area contributed by atoms with Gasteiger partial charge in [0.05, 0.1) is 28.8 Å². The second kappa shape index (κ2) is 10.3. The van der Waals surface area contributed by atoms with Crippen LogP contribution in [0.25, 0.3) is 17.4 Å². The van der Waals surface area contributed by atoms with Crippen LogP contribution < -0.4 is 24.4 Å². The first-order valence-electron chi connectivity index (χ1n) is 11.5. The van der Waals surface area contributed by atoms with E-state index in [-0.39, 0.29) is 11.3 Å². The third kappa shape index (κ3) is 4.60. The number of ether oxygens (including phenoxy) is 2. The fourth-order valence-electron chi connectivity index (χ4n) is 4.44. The number of fused-ring (bicyclic) bond motifs is 1. The summed E-state index contributed by atoms with van der Waals surface area (Å²) in [6, 6.07) is 13.3. The molecule has 194 valence electrons. The van der Waals surface area contributed by atoms with E-state index in [4.69, 9.17) is 37.1 Å². The number of furan rings is 1. The van der Waals surface area contributed by atoms with Gasteiger partial charge < -0.3 is 13.9 Å². The Morgan fingerprint density at radius 1 is 1.05 bits per heavy atom. The highest BCUT2D eigenvalue weighted by molar-refractivity contribution is 7.07. The van der Waals surface area contributed by atoms with Crippen LogP contribution in [0.2, 0.25) is 10.0 Å². The van der Waals surface area contributed by atoms with Crippen LogP contribution in [0.5, 0.6) is 11.5 Å². The molecule has 0 fully saturated rings. The molecular weight excluding hydrogens is 547 g/mol. The number of carbonyl (C=O) groups excluding carboxylic acids is 1. The van der Waals surface area contributed by atoms with Crippen LogP contribution in [-0.4, -0.2) is 24.6 Å². The van der Waals surface area contributed by atoms with E-state index in [0.29, 0.717) is 53.7 Å². The standard InChI is InChI=1S/C28H22Cl2N2O5S/c1-14-25(15(2)33)26(22-10-9-20(37-22)17-6-7-18(29)19(30)13-17)32-27(34)24(38-28(32)31-14)12-16-5-8-21(35-3)23(11-16)36-4/h5-13,26H,1-4H3/b24-12+/t26-/m1/s1. The van der Waals surface area contributed by atoms with Crippen LogP contribution in [0.3, 0.4) is 0 Å². The van der Waals surface area contributed by atoms with Gasteiger partial charge in [-0.05, 0) is 68.0 Å². The van der Waals surface area contributed by atoms with Crippen molar-refractivity contribution in [3.63, 3.8) is 0 Å². The number of thiazole rings is 1. The monoisotopic (exact) mass is 568 g/mol. The van der Waals surface area contributed by atoms with Crippen molar-refractivity contribution in [3.05, 3.63) is 101 Å². The summed E-state index contributed by atoms with van der Waals surface area (Å²) in [6.45, 7) is 3.22. The molecule has 0 saturated heterocycles. The molecule has 2 aromatic heterocycles. The molecule has 0 aliphatic carbocycles. The van der Waals surface area contributed by atoms with Crippen molar-refractivity contribution in [2.45, 2.75) is 19.9 Å². The normalized spacial score (nSPS) is 15.3. The van der Waals surface area contributed by atoms with Crippen LogP contribution in [-0.2, 0) is 4.79 Å². The van der Waals surface area contributed by atoms with Crippen molar-refractivity contribution in [1.82, 2.24) is 4.57 Å². The number of hydrogen-bond acceptors (Lipinski definition) is 7. The summed E-state index contributed by atoms with van der Waals surface area (Å²) in [5.41, 5.74) is 2.12. The molecule has 7 nitrogen and oxygen atoms in total. The van der Waals surface area contributed by atoms with E-state index in [2.05, 4.69) is 4.99 Å². The highest BCUT2D eigenvalue weighted by atomic mass is 35.5. The molecule has 10 heteroatoms. The van der Waals surface area contributed by atoms with E-state index >= 15 is 0 Å². The molecule has 4 aromatic rings. The van der Waals surface area contributed by atoms with Crippen LogP contribution in [0.1, 0.15) is 31.2 Å². The summed E-state index contributed by atoms with van der Waals surface area (Å²) in [4.78, 5) is 31.6. The second-order valence-electron chi connectivity index (χ2n) is 8.58. The van der Waals surface area contributed by atoms with Crippen molar-refractivity contribution < 1.29 is 18.7 Å². The number of Topliss-reactive ketones (excluding diaryl/α,β-unsaturated/α-hetero) is 1. The van der Waals surface area contributed by atoms with Gasteiger partial charge in [0.1, 0.15) is 17.6 Å². The summed E-state index contributed by atoms with van der Waals surface area (Å²) >= 11 is 13.5. The summed E-state index contributed by atoms with van der Waals surface area (Å²) in [7, 11) is 3.11. The molecule has 0 N–H and O–H groups in total. The van der Waals surface area contributed by atoms with Crippen molar-refractivity contribution in [3.8, 4) is 22.8 Å². The Balaban J connectivity index is 1.66. The predicted octanol–water partition coefficient (Wildman–Crippen LogP) is 5.41. The molecule has 0 bridgehead atoms. The molecule has 38 heavy (non-hydrogen) atoms. The lowest BCUT2D eigenvalue weighted by atomic mass is 9.98. The first-order chi connectivity index (χ1) is 18.2. The topological polar surface area (TPSA) is 83.0 Å². The van der Waals surface area contributed by atoms with Gasteiger partial charge in [-0.1, -0.05) is 40.6 Å². The number of aromatic nitrogens is 1. The molecule has 0 radical (unpaired) electrons.